The summed E-state index contributed by atoms with van der Waals surface area (Å²) in [4.78, 5) is 11.5. The number of ether oxygens (including phenoxy) is 1. The molecule has 4 nitrogen and oxygen atoms in total. The van der Waals surface area contributed by atoms with Crippen LogP contribution >= 0.6 is 0 Å². The summed E-state index contributed by atoms with van der Waals surface area (Å²) in [6, 6.07) is 5.04. The van der Waals surface area contributed by atoms with Crippen molar-refractivity contribution in [2.75, 3.05) is 12.8 Å². The molecule has 3 N–H and O–H groups in total. The lowest BCUT2D eigenvalue weighted by molar-refractivity contribution is 0.0954. The maximum atomic E-state index is 11.5. The molecular formula is C13H20N2O2. The van der Waals surface area contributed by atoms with Gasteiger partial charge in [0.15, 0.2) is 0 Å². The average Bonchev–Trinajstić information content (AvgIpc) is 2.30. The van der Waals surface area contributed by atoms with Crippen LogP contribution < -0.4 is 15.8 Å². The van der Waals surface area contributed by atoms with Crippen LogP contribution in [-0.4, -0.2) is 18.6 Å². The van der Waals surface area contributed by atoms with Gasteiger partial charge in [-0.15, -0.1) is 0 Å². The Hall–Kier alpha value is -1.71. The third-order valence-electron chi connectivity index (χ3n) is 2.74. The van der Waals surface area contributed by atoms with Crippen molar-refractivity contribution in [1.82, 2.24) is 5.32 Å². The Morgan fingerprint density at radius 1 is 1.47 bits per heavy atom. The summed E-state index contributed by atoms with van der Waals surface area (Å²) in [5.41, 5.74) is 6.63. The van der Waals surface area contributed by atoms with E-state index in [4.69, 9.17) is 10.5 Å². The topological polar surface area (TPSA) is 64.3 Å². The van der Waals surface area contributed by atoms with E-state index >= 15 is 0 Å². The minimum absolute atomic E-state index is 0.149. The van der Waals surface area contributed by atoms with Crippen molar-refractivity contribution in [3.05, 3.63) is 23.8 Å². The first kappa shape index (κ1) is 13.4. The van der Waals surface area contributed by atoms with Crippen LogP contribution in [0.4, 0.5) is 5.69 Å². The van der Waals surface area contributed by atoms with E-state index in [1.54, 1.807) is 25.2 Å². The van der Waals surface area contributed by atoms with Crippen molar-refractivity contribution < 1.29 is 9.53 Å². The minimum Gasteiger partial charge on any atom is -0.486 e. The molecule has 0 aliphatic carbocycles. The zero-order valence-electron chi connectivity index (χ0n) is 10.8. The van der Waals surface area contributed by atoms with Gasteiger partial charge >= 0.3 is 0 Å². The van der Waals surface area contributed by atoms with Gasteiger partial charge in [-0.1, -0.05) is 6.92 Å². The Balaban J connectivity index is 3.03. The van der Waals surface area contributed by atoms with E-state index in [1.807, 2.05) is 20.8 Å². The molecule has 0 unspecified atom stereocenters. The predicted molar refractivity (Wildman–Crippen MR) is 69.2 cm³/mol. The summed E-state index contributed by atoms with van der Waals surface area (Å²) in [7, 11) is 1.59. The fraction of sp³-hybridized carbons (Fsp3) is 0.462. The van der Waals surface area contributed by atoms with Gasteiger partial charge in [0.25, 0.3) is 5.91 Å². The first-order chi connectivity index (χ1) is 7.89. The van der Waals surface area contributed by atoms with Crippen LogP contribution in [-0.2, 0) is 0 Å². The van der Waals surface area contributed by atoms with Gasteiger partial charge in [-0.2, -0.15) is 0 Å². The lowest BCUT2D eigenvalue weighted by atomic mass is 10.1. The summed E-state index contributed by atoms with van der Waals surface area (Å²) < 4.78 is 5.81. The third kappa shape index (κ3) is 3.37. The smallest absolute Gasteiger partial charge is 0.251 e. The van der Waals surface area contributed by atoms with Crippen LogP contribution in [0.1, 0.15) is 37.6 Å². The van der Waals surface area contributed by atoms with Gasteiger partial charge in [0, 0.05) is 12.6 Å². The second kappa shape index (κ2) is 5.08. The number of anilines is 1. The Morgan fingerprint density at radius 3 is 2.65 bits per heavy atom. The molecule has 0 aliphatic rings. The highest BCUT2D eigenvalue weighted by Crippen LogP contribution is 2.28. The Bertz CT molecular complexity index is 414. The molecule has 0 heterocycles. The maximum absolute atomic E-state index is 11.5. The zero-order valence-corrected chi connectivity index (χ0v) is 10.8. The molecule has 0 aromatic heterocycles. The number of nitrogen functional groups attached to an aromatic ring is 1. The lowest BCUT2D eigenvalue weighted by Crippen LogP contribution is -2.27. The number of nitrogens with one attached hydrogen (secondary N) is 1. The average molecular weight is 236 g/mol. The summed E-state index contributed by atoms with van der Waals surface area (Å²) in [6.07, 6.45) is 0.858. The van der Waals surface area contributed by atoms with Crippen LogP contribution in [0.25, 0.3) is 0 Å². The van der Waals surface area contributed by atoms with E-state index < -0.39 is 0 Å². The van der Waals surface area contributed by atoms with Gasteiger partial charge in [0.05, 0.1) is 5.69 Å². The second-order valence-corrected chi connectivity index (χ2v) is 4.55. The van der Waals surface area contributed by atoms with E-state index in [9.17, 15) is 4.79 Å². The highest BCUT2D eigenvalue weighted by Gasteiger charge is 2.19. The fourth-order valence-corrected chi connectivity index (χ4v) is 1.28. The second-order valence-electron chi connectivity index (χ2n) is 4.55. The first-order valence-corrected chi connectivity index (χ1v) is 5.70. The van der Waals surface area contributed by atoms with E-state index in [0.717, 1.165) is 6.42 Å². The molecule has 1 aromatic rings. The van der Waals surface area contributed by atoms with Gasteiger partial charge in [-0.25, -0.2) is 0 Å². The summed E-state index contributed by atoms with van der Waals surface area (Å²) in [5.74, 6) is 0.405. The van der Waals surface area contributed by atoms with Gasteiger partial charge in [0.1, 0.15) is 11.4 Å². The summed E-state index contributed by atoms with van der Waals surface area (Å²) >= 11 is 0. The van der Waals surface area contributed by atoms with E-state index in [2.05, 4.69) is 5.32 Å². The van der Waals surface area contributed by atoms with Crippen molar-refractivity contribution in [3.8, 4) is 5.75 Å². The van der Waals surface area contributed by atoms with Gasteiger partial charge in [-0.3, -0.25) is 4.79 Å². The molecule has 0 radical (unpaired) electrons. The number of amides is 1. The molecule has 0 aliphatic heterocycles. The standard InChI is InChI=1S/C13H20N2O2/c1-5-13(2,3)17-11-8-9(12(16)15-4)6-7-10(11)14/h6-8H,5,14H2,1-4H3,(H,15,16). The minimum atomic E-state index is -0.296. The van der Waals surface area contributed by atoms with E-state index in [1.165, 1.54) is 0 Å². The van der Waals surface area contributed by atoms with E-state index in [0.29, 0.717) is 17.0 Å². The molecule has 0 atom stereocenters. The number of rotatable bonds is 4. The highest BCUT2D eigenvalue weighted by molar-refractivity contribution is 5.95. The maximum Gasteiger partial charge on any atom is 0.251 e. The Labute approximate surface area is 102 Å². The molecular weight excluding hydrogens is 216 g/mol. The van der Waals surface area contributed by atoms with Crippen molar-refractivity contribution in [1.29, 1.82) is 0 Å². The highest BCUT2D eigenvalue weighted by atomic mass is 16.5. The SMILES string of the molecule is CCC(C)(C)Oc1cc(C(=O)NC)ccc1N. The Kier molecular flexibility index (Phi) is 3.99. The van der Waals surface area contributed by atoms with Crippen LogP contribution in [0.5, 0.6) is 5.75 Å². The molecule has 0 saturated heterocycles. The zero-order chi connectivity index (χ0) is 13.1. The van der Waals surface area contributed by atoms with Gasteiger partial charge < -0.3 is 15.8 Å². The van der Waals surface area contributed by atoms with Crippen molar-refractivity contribution in [2.45, 2.75) is 32.8 Å². The molecule has 0 saturated carbocycles. The number of nitrogens with two attached hydrogens (primary N) is 1. The third-order valence-corrected chi connectivity index (χ3v) is 2.74. The summed E-state index contributed by atoms with van der Waals surface area (Å²) in [5, 5.41) is 2.57. The molecule has 4 heteroatoms. The fourth-order valence-electron chi connectivity index (χ4n) is 1.28. The number of hydrogen-bond acceptors (Lipinski definition) is 3. The molecule has 1 amide bonds. The molecule has 0 fully saturated rings. The van der Waals surface area contributed by atoms with Crippen LogP contribution in [0.3, 0.4) is 0 Å². The van der Waals surface area contributed by atoms with Gasteiger partial charge in [0.2, 0.25) is 0 Å². The van der Waals surface area contributed by atoms with Crippen molar-refractivity contribution >= 4 is 11.6 Å². The molecule has 0 bridgehead atoms. The molecule has 1 aromatic carbocycles. The predicted octanol–water partition coefficient (Wildman–Crippen LogP) is 2.20. The number of carbonyl (C=O) groups excluding carboxylic acids is 1. The monoisotopic (exact) mass is 236 g/mol. The largest absolute Gasteiger partial charge is 0.486 e. The van der Waals surface area contributed by atoms with Crippen LogP contribution in [0, 0.1) is 0 Å². The van der Waals surface area contributed by atoms with Crippen molar-refractivity contribution in [2.24, 2.45) is 0 Å². The molecule has 94 valence electrons. The van der Waals surface area contributed by atoms with Crippen LogP contribution in [0.15, 0.2) is 18.2 Å². The number of carbonyl (C=O) groups is 1. The van der Waals surface area contributed by atoms with Gasteiger partial charge in [-0.05, 0) is 38.5 Å². The lowest BCUT2D eigenvalue weighted by Gasteiger charge is -2.26. The van der Waals surface area contributed by atoms with E-state index in [-0.39, 0.29) is 11.5 Å². The molecule has 17 heavy (non-hydrogen) atoms. The quantitative estimate of drug-likeness (QED) is 0.788. The molecule has 0 spiro atoms. The Morgan fingerprint density at radius 2 is 2.12 bits per heavy atom. The molecule has 1 rings (SSSR count). The summed E-state index contributed by atoms with van der Waals surface area (Å²) in [6.45, 7) is 6.01. The normalized spacial score (nSPS) is 11.1. The number of benzene rings is 1. The number of hydrogen-bond donors (Lipinski definition) is 2. The van der Waals surface area contributed by atoms with Crippen molar-refractivity contribution in [3.63, 3.8) is 0 Å². The van der Waals surface area contributed by atoms with Crippen LogP contribution in [0.2, 0.25) is 0 Å². The first-order valence-electron chi connectivity index (χ1n) is 5.70.